The van der Waals surface area contributed by atoms with E-state index < -0.39 is 5.97 Å². The van der Waals surface area contributed by atoms with Crippen LogP contribution in [0.5, 0.6) is 5.75 Å². The lowest BCUT2D eigenvalue weighted by atomic mass is 9.97. The average molecular weight is 305 g/mol. The van der Waals surface area contributed by atoms with Crippen molar-refractivity contribution in [2.45, 2.75) is 52.1 Å². The predicted octanol–water partition coefficient (Wildman–Crippen LogP) is 2.65. The number of esters is 1. The minimum atomic E-state index is -0.596. The molecule has 1 fully saturated rings. The first-order chi connectivity index (χ1) is 10.4. The van der Waals surface area contributed by atoms with Crippen molar-refractivity contribution in [2.75, 3.05) is 6.61 Å². The van der Waals surface area contributed by atoms with Crippen molar-refractivity contribution in [3.63, 3.8) is 0 Å². The van der Waals surface area contributed by atoms with E-state index in [-0.39, 0.29) is 35.9 Å². The van der Waals surface area contributed by atoms with E-state index in [1.54, 1.807) is 19.1 Å². The van der Waals surface area contributed by atoms with Crippen molar-refractivity contribution >= 4 is 11.9 Å². The summed E-state index contributed by atoms with van der Waals surface area (Å²) < 4.78 is 5.09. The summed E-state index contributed by atoms with van der Waals surface area (Å²) >= 11 is 0. The monoisotopic (exact) mass is 305 g/mol. The Morgan fingerprint density at radius 2 is 1.91 bits per heavy atom. The molecule has 2 atom stereocenters. The molecule has 1 amide bonds. The largest absolute Gasteiger partial charge is 0.508 e. The molecular formula is C17H23NO4. The van der Waals surface area contributed by atoms with Crippen LogP contribution in [-0.2, 0) is 9.53 Å². The summed E-state index contributed by atoms with van der Waals surface area (Å²) in [7, 11) is 0. The van der Waals surface area contributed by atoms with Gasteiger partial charge in [-0.05, 0) is 57.7 Å². The maximum absolute atomic E-state index is 12.3. The number of nitrogens with zero attached hydrogens (tertiary/aromatic N) is 1. The topological polar surface area (TPSA) is 66.8 Å². The molecule has 0 saturated carbocycles. The first-order valence-corrected chi connectivity index (χ1v) is 7.68. The highest BCUT2D eigenvalue weighted by Crippen LogP contribution is 2.23. The number of hydrogen-bond acceptors (Lipinski definition) is 4. The summed E-state index contributed by atoms with van der Waals surface area (Å²) in [5.74, 6) is -0.718. The van der Waals surface area contributed by atoms with E-state index in [0.29, 0.717) is 5.56 Å². The molecule has 0 aromatic heterocycles. The molecule has 5 heteroatoms. The van der Waals surface area contributed by atoms with E-state index >= 15 is 0 Å². The molecule has 0 aliphatic carbocycles. The van der Waals surface area contributed by atoms with Crippen molar-refractivity contribution < 1.29 is 19.4 Å². The first-order valence-electron chi connectivity index (χ1n) is 7.68. The third kappa shape index (κ3) is 3.59. The fraction of sp³-hybridized carbons (Fsp3) is 0.529. The van der Waals surface area contributed by atoms with E-state index in [9.17, 15) is 14.7 Å². The Morgan fingerprint density at radius 1 is 1.27 bits per heavy atom. The Labute approximate surface area is 130 Å². The number of phenols is 1. The zero-order valence-corrected chi connectivity index (χ0v) is 13.3. The quantitative estimate of drug-likeness (QED) is 0.872. The van der Waals surface area contributed by atoms with Gasteiger partial charge in [0.2, 0.25) is 0 Å². The van der Waals surface area contributed by atoms with Crippen molar-refractivity contribution in [1.82, 2.24) is 4.90 Å². The highest BCUT2D eigenvalue weighted by molar-refractivity contribution is 5.91. The number of carbonyl (C=O) groups excluding carboxylic acids is 2. The molecule has 120 valence electrons. The number of amides is 1. The Balaban J connectivity index is 1.95. The molecule has 0 spiro atoms. The van der Waals surface area contributed by atoms with E-state index in [2.05, 4.69) is 0 Å². The number of rotatable bonds is 3. The molecule has 1 aromatic rings. The van der Waals surface area contributed by atoms with Gasteiger partial charge in [0.15, 0.2) is 6.61 Å². The molecule has 2 rings (SSSR count). The van der Waals surface area contributed by atoms with Gasteiger partial charge in [0.05, 0.1) is 5.56 Å². The van der Waals surface area contributed by atoms with Gasteiger partial charge in [-0.2, -0.15) is 0 Å². The SMILES string of the molecule is Cc1ccc(C(=O)OCC(=O)N2C(C)CCCC2C)cc1O. The van der Waals surface area contributed by atoms with Gasteiger partial charge in [-0.25, -0.2) is 4.79 Å². The lowest BCUT2D eigenvalue weighted by Crippen LogP contribution is -2.49. The Morgan fingerprint density at radius 3 is 2.50 bits per heavy atom. The minimum absolute atomic E-state index is 0.0408. The highest BCUT2D eigenvalue weighted by Gasteiger charge is 2.29. The van der Waals surface area contributed by atoms with Crippen LogP contribution >= 0.6 is 0 Å². The van der Waals surface area contributed by atoms with Crippen molar-refractivity contribution in [3.8, 4) is 5.75 Å². The summed E-state index contributed by atoms with van der Waals surface area (Å²) in [5.41, 5.74) is 0.930. The molecule has 0 radical (unpaired) electrons. The Bertz CT molecular complexity index is 560. The van der Waals surface area contributed by atoms with Crippen LogP contribution in [-0.4, -0.2) is 40.6 Å². The van der Waals surface area contributed by atoms with Crippen molar-refractivity contribution in [1.29, 1.82) is 0 Å². The van der Waals surface area contributed by atoms with Gasteiger partial charge in [-0.1, -0.05) is 6.07 Å². The average Bonchev–Trinajstić information content (AvgIpc) is 2.47. The third-order valence-electron chi connectivity index (χ3n) is 4.25. The van der Waals surface area contributed by atoms with E-state index in [1.807, 2.05) is 18.7 Å². The van der Waals surface area contributed by atoms with Crippen molar-refractivity contribution in [2.24, 2.45) is 0 Å². The second-order valence-corrected chi connectivity index (χ2v) is 6.01. The number of aryl methyl sites for hydroxylation is 1. The number of phenolic OH excluding ortho intramolecular Hbond substituents is 1. The summed E-state index contributed by atoms with van der Waals surface area (Å²) in [6.07, 6.45) is 3.08. The molecule has 1 aromatic carbocycles. The number of likely N-dealkylation sites (tertiary alicyclic amines) is 1. The molecule has 1 aliphatic rings. The smallest absolute Gasteiger partial charge is 0.338 e. The Hall–Kier alpha value is -2.04. The zero-order valence-electron chi connectivity index (χ0n) is 13.3. The van der Waals surface area contributed by atoms with Crippen LogP contribution in [0, 0.1) is 6.92 Å². The van der Waals surface area contributed by atoms with Crippen LogP contribution in [0.15, 0.2) is 18.2 Å². The van der Waals surface area contributed by atoms with Crippen LogP contribution in [0.1, 0.15) is 49.0 Å². The number of hydrogen-bond donors (Lipinski definition) is 1. The first kappa shape index (κ1) is 16.3. The van der Waals surface area contributed by atoms with Gasteiger partial charge in [-0.15, -0.1) is 0 Å². The molecule has 1 saturated heterocycles. The standard InChI is InChI=1S/C17H23NO4/c1-11-7-8-14(9-15(11)19)17(21)22-10-16(20)18-12(2)5-4-6-13(18)3/h7-9,12-13,19H,4-6,10H2,1-3H3. The van der Waals surface area contributed by atoms with Crippen LogP contribution in [0.2, 0.25) is 0 Å². The highest BCUT2D eigenvalue weighted by atomic mass is 16.5. The number of ether oxygens (including phenoxy) is 1. The van der Waals surface area contributed by atoms with Gasteiger partial charge in [0.1, 0.15) is 5.75 Å². The normalized spacial score (nSPS) is 21.5. The van der Waals surface area contributed by atoms with Gasteiger partial charge >= 0.3 is 5.97 Å². The number of benzene rings is 1. The van der Waals surface area contributed by atoms with Crippen LogP contribution < -0.4 is 0 Å². The molecular weight excluding hydrogens is 282 g/mol. The molecule has 0 bridgehead atoms. The molecule has 22 heavy (non-hydrogen) atoms. The van der Waals surface area contributed by atoms with Crippen molar-refractivity contribution in [3.05, 3.63) is 29.3 Å². The molecule has 1 N–H and O–H groups in total. The second kappa shape index (κ2) is 6.81. The zero-order chi connectivity index (χ0) is 16.3. The predicted molar refractivity (Wildman–Crippen MR) is 82.7 cm³/mol. The lowest BCUT2D eigenvalue weighted by Gasteiger charge is -2.38. The fourth-order valence-electron chi connectivity index (χ4n) is 2.93. The van der Waals surface area contributed by atoms with Crippen LogP contribution in [0.25, 0.3) is 0 Å². The fourth-order valence-corrected chi connectivity index (χ4v) is 2.93. The van der Waals surface area contributed by atoms with E-state index in [0.717, 1.165) is 19.3 Å². The minimum Gasteiger partial charge on any atom is -0.508 e. The summed E-state index contributed by atoms with van der Waals surface area (Å²) in [6.45, 7) is 5.52. The van der Waals surface area contributed by atoms with Gasteiger partial charge < -0.3 is 14.7 Å². The summed E-state index contributed by atoms with van der Waals surface area (Å²) in [4.78, 5) is 26.0. The number of carbonyl (C=O) groups is 2. The summed E-state index contributed by atoms with van der Waals surface area (Å²) in [5, 5.41) is 9.62. The Kier molecular flexibility index (Phi) is 5.06. The maximum Gasteiger partial charge on any atom is 0.338 e. The maximum atomic E-state index is 12.3. The van der Waals surface area contributed by atoms with E-state index in [1.165, 1.54) is 6.07 Å². The lowest BCUT2D eigenvalue weighted by molar-refractivity contribution is -0.140. The third-order valence-corrected chi connectivity index (χ3v) is 4.25. The molecule has 1 aliphatic heterocycles. The summed E-state index contributed by atoms with van der Waals surface area (Å²) in [6, 6.07) is 4.93. The van der Waals surface area contributed by atoms with Crippen LogP contribution in [0.4, 0.5) is 0 Å². The molecule has 1 heterocycles. The van der Waals surface area contributed by atoms with Gasteiger partial charge in [-0.3, -0.25) is 4.79 Å². The van der Waals surface area contributed by atoms with Gasteiger partial charge in [0.25, 0.3) is 5.91 Å². The second-order valence-electron chi connectivity index (χ2n) is 6.01. The van der Waals surface area contributed by atoms with E-state index in [4.69, 9.17) is 4.74 Å². The van der Waals surface area contributed by atoms with Gasteiger partial charge in [0, 0.05) is 12.1 Å². The number of aromatic hydroxyl groups is 1. The van der Waals surface area contributed by atoms with Crippen LogP contribution in [0.3, 0.4) is 0 Å². The number of piperidine rings is 1. The molecule has 2 unspecified atom stereocenters. The molecule has 5 nitrogen and oxygen atoms in total.